The number of methoxy groups -OCH3 is 1. The van der Waals surface area contributed by atoms with Crippen molar-refractivity contribution in [2.75, 3.05) is 7.11 Å². The van der Waals surface area contributed by atoms with Gasteiger partial charge in [-0.25, -0.2) is 0 Å². The van der Waals surface area contributed by atoms with Crippen LogP contribution >= 0.6 is 11.6 Å². The van der Waals surface area contributed by atoms with E-state index in [1.807, 2.05) is 0 Å². The van der Waals surface area contributed by atoms with Crippen molar-refractivity contribution in [1.29, 1.82) is 0 Å². The summed E-state index contributed by atoms with van der Waals surface area (Å²) in [5.74, 6) is 1.24. The van der Waals surface area contributed by atoms with E-state index < -0.39 is 0 Å². The van der Waals surface area contributed by atoms with E-state index in [0.29, 0.717) is 16.3 Å². The van der Waals surface area contributed by atoms with Gasteiger partial charge in [0.2, 0.25) is 0 Å². The van der Waals surface area contributed by atoms with E-state index in [-0.39, 0.29) is 5.78 Å². The van der Waals surface area contributed by atoms with Gasteiger partial charge in [0.1, 0.15) is 11.5 Å². The van der Waals surface area contributed by atoms with Crippen LogP contribution in [0.3, 0.4) is 0 Å². The second kappa shape index (κ2) is 6.78. The fraction of sp³-hybridized carbons (Fsp3) is 0.0625. The van der Waals surface area contributed by atoms with E-state index in [4.69, 9.17) is 21.1 Å². The number of hydrogen-bond acceptors (Lipinski definition) is 3. The van der Waals surface area contributed by atoms with E-state index in [0.717, 1.165) is 5.75 Å². The van der Waals surface area contributed by atoms with Crippen LogP contribution in [0.15, 0.2) is 60.9 Å². The van der Waals surface area contributed by atoms with Crippen molar-refractivity contribution >= 4 is 17.4 Å². The number of carbonyl (C=O) groups is 1. The molecule has 4 heteroatoms. The van der Waals surface area contributed by atoms with Crippen LogP contribution in [-0.4, -0.2) is 12.9 Å². The number of hydrogen-bond donors (Lipinski definition) is 0. The van der Waals surface area contributed by atoms with Crippen LogP contribution in [0.4, 0.5) is 0 Å². The summed E-state index contributed by atoms with van der Waals surface area (Å²) in [4.78, 5) is 11.8. The summed E-state index contributed by atoms with van der Waals surface area (Å²) in [7, 11) is 1.60. The van der Waals surface area contributed by atoms with Crippen LogP contribution in [0.1, 0.15) is 10.4 Å². The van der Waals surface area contributed by atoms with Crippen molar-refractivity contribution in [1.82, 2.24) is 0 Å². The molecule has 0 unspecified atom stereocenters. The van der Waals surface area contributed by atoms with Gasteiger partial charge in [-0.2, -0.15) is 0 Å². The minimum atomic E-state index is -0.143. The molecule has 0 aliphatic rings. The third kappa shape index (κ3) is 3.87. The first kappa shape index (κ1) is 14.2. The van der Waals surface area contributed by atoms with Gasteiger partial charge in [0.25, 0.3) is 0 Å². The van der Waals surface area contributed by atoms with Crippen molar-refractivity contribution in [3.05, 3.63) is 71.5 Å². The molecule has 0 fully saturated rings. The third-order valence-electron chi connectivity index (χ3n) is 2.61. The summed E-state index contributed by atoms with van der Waals surface area (Å²) in [6.45, 7) is 0. The molecule has 0 bridgehead atoms. The minimum Gasteiger partial charge on any atom is -0.497 e. The van der Waals surface area contributed by atoms with Crippen molar-refractivity contribution in [2.45, 2.75) is 0 Å². The molecule has 102 valence electrons. The van der Waals surface area contributed by atoms with Crippen LogP contribution in [-0.2, 0) is 0 Å². The summed E-state index contributed by atoms with van der Waals surface area (Å²) < 4.78 is 10.4. The summed E-state index contributed by atoms with van der Waals surface area (Å²) in [6.07, 6.45) is 2.73. The third-order valence-corrected chi connectivity index (χ3v) is 2.86. The molecule has 0 spiro atoms. The number of carbonyl (C=O) groups excluding carboxylic acids is 1. The SMILES string of the molecule is COc1ccc(O/C=C/C(=O)c2ccc(Cl)cc2)cc1. The normalized spacial score (nSPS) is 10.5. The van der Waals surface area contributed by atoms with Gasteiger partial charge in [-0.3, -0.25) is 4.79 Å². The molecule has 3 nitrogen and oxygen atoms in total. The molecule has 0 radical (unpaired) electrons. The highest BCUT2D eigenvalue weighted by atomic mass is 35.5. The van der Waals surface area contributed by atoms with Crippen LogP contribution in [0, 0.1) is 0 Å². The second-order valence-electron chi connectivity index (χ2n) is 3.97. The molecule has 2 aromatic carbocycles. The maximum atomic E-state index is 11.8. The number of ether oxygens (including phenoxy) is 2. The molecule has 2 rings (SSSR count). The Morgan fingerprint density at radius 2 is 1.60 bits per heavy atom. The van der Waals surface area contributed by atoms with E-state index >= 15 is 0 Å². The Morgan fingerprint density at radius 1 is 1.00 bits per heavy atom. The van der Waals surface area contributed by atoms with Crippen LogP contribution < -0.4 is 9.47 Å². The van der Waals surface area contributed by atoms with Crippen LogP contribution in [0.5, 0.6) is 11.5 Å². The van der Waals surface area contributed by atoms with Gasteiger partial charge in [-0.1, -0.05) is 11.6 Å². The van der Waals surface area contributed by atoms with Gasteiger partial charge in [0.05, 0.1) is 13.4 Å². The molecule has 0 saturated carbocycles. The van der Waals surface area contributed by atoms with Crippen LogP contribution in [0.2, 0.25) is 5.02 Å². The molecule has 2 aromatic rings. The monoisotopic (exact) mass is 288 g/mol. The van der Waals surface area contributed by atoms with Gasteiger partial charge in [0, 0.05) is 16.7 Å². The Bertz CT molecular complexity index is 601. The van der Waals surface area contributed by atoms with Gasteiger partial charge in [0.15, 0.2) is 5.78 Å². The molecule has 20 heavy (non-hydrogen) atoms. The second-order valence-corrected chi connectivity index (χ2v) is 4.40. The first-order valence-corrected chi connectivity index (χ1v) is 6.34. The lowest BCUT2D eigenvalue weighted by Crippen LogP contribution is -1.94. The fourth-order valence-corrected chi connectivity index (χ4v) is 1.67. The maximum Gasteiger partial charge on any atom is 0.188 e. The molecule has 0 saturated heterocycles. The highest BCUT2D eigenvalue weighted by molar-refractivity contribution is 6.30. The van der Waals surface area contributed by atoms with Crippen molar-refractivity contribution in [3.8, 4) is 11.5 Å². The summed E-state index contributed by atoms with van der Waals surface area (Å²) >= 11 is 5.76. The summed E-state index contributed by atoms with van der Waals surface area (Å²) in [5.41, 5.74) is 0.559. The zero-order valence-corrected chi connectivity index (χ0v) is 11.6. The predicted molar refractivity (Wildman–Crippen MR) is 78.5 cm³/mol. The molecule has 0 atom stereocenters. The average molecular weight is 289 g/mol. The van der Waals surface area contributed by atoms with Crippen molar-refractivity contribution in [2.24, 2.45) is 0 Å². The number of allylic oxidation sites excluding steroid dienone is 1. The van der Waals surface area contributed by atoms with Crippen molar-refractivity contribution < 1.29 is 14.3 Å². The highest BCUT2D eigenvalue weighted by Crippen LogP contribution is 2.17. The van der Waals surface area contributed by atoms with Crippen molar-refractivity contribution in [3.63, 3.8) is 0 Å². The molecule has 0 aromatic heterocycles. The summed E-state index contributed by atoms with van der Waals surface area (Å²) in [5, 5.41) is 0.597. The maximum absolute atomic E-state index is 11.8. The molecular weight excluding hydrogens is 276 g/mol. The standard InChI is InChI=1S/C16H13ClO3/c1-19-14-6-8-15(9-7-14)20-11-10-16(18)12-2-4-13(17)5-3-12/h2-11H,1H3/b11-10+. The van der Waals surface area contributed by atoms with Gasteiger partial charge in [-0.05, 0) is 48.5 Å². The van der Waals surface area contributed by atoms with Crippen LogP contribution in [0.25, 0.3) is 0 Å². The molecule has 0 amide bonds. The lowest BCUT2D eigenvalue weighted by Gasteiger charge is -2.02. The number of ketones is 1. The molecule has 0 heterocycles. The highest BCUT2D eigenvalue weighted by Gasteiger charge is 2.01. The largest absolute Gasteiger partial charge is 0.497 e. The summed E-state index contributed by atoms with van der Waals surface area (Å²) in [6, 6.07) is 13.8. The zero-order valence-electron chi connectivity index (χ0n) is 10.9. The molecule has 0 aliphatic heterocycles. The van der Waals surface area contributed by atoms with E-state index in [1.165, 1.54) is 12.3 Å². The average Bonchev–Trinajstić information content (AvgIpc) is 2.48. The zero-order chi connectivity index (χ0) is 14.4. The number of halogens is 1. The molecule has 0 aliphatic carbocycles. The van der Waals surface area contributed by atoms with Gasteiger partial charge < -0.3 is 9.47 Å². The molecule has 0 N–H and O–H groups in total. The van der Waals surface area contributed by atoms with E-state index in [2.05, 4.69) is 0 Å². The smallest absolute Gasteiger partial charge is 0.188 e. The first-order chi connectivity index (χ1) is 9.69. The first-order valence-electron chi connectivity index (χ1n) is 5.96. The lowest BCUT2D eigenvalue weighted by molar-refractivity contribution is 0.104. The predicted octanol–water partition coefficient (Wildman–Crippen LogP) is 4.12. The molecular formula is C16H13ClO3. The Labute approximate surface area is 122 Å². The quantitative estimate of drug-likeness (QED) is 0.471. The Kier molecular flexibility index (Phi) is 4.80. The Balaban J connectivity index is 1.95. The Morgan fingerprint density at radius 3 is 2.20 bits per heavy atom. The topological polar surface area (TPSA) is 35.5 Å². The van der Waals surface area contributed by atoms with E-state index in [1.54, 1.807) is 55.6 Å². The van der Waals surface area contributed by atoms with E-state index in [9.17, 15) is 4.79 Å². The number of benzene rings is 2. The minimum absolute atomic E-state index is 0.143. The van der Waals surface area contributed by atoms with Gasteiger partial charge >= 0.3 is 0 Å². The van der Waals surface area contributed by atoms with Gasteiger partial charge in [-0.15, -0.1) is 0 Å². The fourth-order valence-electron chi connectivity index (χ4n) is 1.54. The lowest BCUT2D eigenvalue weighted by atomic mass is 10.1. The number of rotatable bonds is 5. The Hall–Kier alpha value is -2.26.